The fourth-order valence-corrected chi connectivity index (χ4v) is 1.97. The molecule has 0 aliphatic carbocycles. The zero-order chi connectivity index (χ0) is 13.4. The molecule has 0 rings (SSSR count). The van der Waals surface area contributed by atoms with Gasteiger partial charge in [0.15, 0.2) is 0 Å². The summed E-state index contributed by atoms with van der Waals surface area (Å²) in [7, 11) is 0. The molecule has 0 saturated carbocycles. The van der Waals surface area contributed by atoms with Gasteiger partial charge in [0.05, 0.1) is 5.92 Å². The maximum Gasteiger partial charge on any atom is 0.227 e. The highest BCUT2D eigenvalue weighted by atomic mass is 16.3. The molecule has 102 valence electrons. The van der Waals surface area contributed by atoms with Crippen LogP contribution in [0.5, 0.6) is 0 Å². The Bertz CT molecular complexity index is 215. The van der Waals surface area contributed by atoms with Gasteiger partial charge in [-0.1, -0.05) is 34.6 Å². The first kappa shape index (κ1) is 16.4. The van der Waals surface area contributed by atoms with Gasteiger partial charge in [-0.25, -0.2) is 0 Å². The van der Waals surface area contributed by atoms with E-state index in [4.69, 9.17) is 0 Å². The number of rotatable bonds is 8. The molecule has 2 atom stereocenters. The van der Waals surface area contributed by atoms with Crippen molar-refractivity contribution in [2.75, 3.05) is 19.6 Å². The van der Waals surface area contributed by atoms with Crippen molar-refractivity contribution in [2.24, 2.45) is 11.8 Å². The van der Waals surface area contributed by atoms with Crippen LogP contribution in [0.2, 0.25) is 0 Å². The van der Waals surface area contributed by atoms with E-state index in [2.05, 4.69) is 5.32 Å². The summed E-state index contributed by atoms with van der Waals surface area (Å²) < 4.78 is 0. The van der Waals surface area contributed by atoms with Crippen LogP contribution in [0, 0.1) is 11.8 Å². The van der Waals surface area contributed by atoms with Crippen LogP contribution in [0.1, 0.15) is 41.0 Å². The lowest BCUT2D eigenvalue weighted by molar-refractivity contribution is -0.137. The summed E-state index contributed by atoms with van der Waals surface area (Å²) in [4.78, 5) is 13.9. The quantitative estimate of drug-likeness (QED) is 0.635. The Labute approximate surface area is 105 Å². The third-order valence-electron chi connectivity index (χ3n) is 3.08. The smallest absolute Gasteiger partial charge is 0.227 e. The van der Waals surface area contributed by atoms with Crippen LogP contribution >= 0.6 is 0 Å². The largest absolute Gasteiger partial charge is 0.378 e. The molecule has 0 aliphatic heterocycles. The van der Waals surface area contributed by atoms with Crippen LogP contribution in [0.4, 0.5) is 0 Å². The second kappa shape index (κ2) is 8.48. The minimum Gasteiger partial charge on any atom is -0.378 e. The molecule has 17 heavy (non-hydrogen) atoms. The van der Waals surface area contributed by atoms with Gasteiger partial charge in [-0.05, 0) is 25.4 Å². The van der Waals surface area contributed by atoms with E-state index >= 15 is 0 Å². The van der Waals surface area contributed by atoms with Crippen LogP contribution in [0.3, 0.4) is 0 Å². The Morgan fingerprint density at radius 2 is 1.76 bits per heavy atom. The molecule has 0 aromatic rings. The first-order valence-corrected chi connectivity index (χ1v) is 6.69. The highest BCUT2D eigenvalue weighted by Crippen LogP contribution is 2.18. The molecule has 2 N–H and O–H groups in total. The Morgan fingerprint density at radius 3 is 2.12 bits per heavy atom. The van der Waals surface area contributed by atoms with Crippen LogP contribution in [0.25, 0.3) is 0 Å². The zero-order valence-electron chi connectivity index (χ0n) is 11.9. The van der Waals surface area contributed by atoms with Gasteiger partial charge in [0.1, 0.15) is 6.23 Å². The van der Waals surface area contributed by atoms with Crippen molar-refractivity contribution >= 4 is 5.91 Å². The molecule has 0 spiro atoms. The van der Waals surface area contributed by atoms with E-state index in [-0.39, 0.29) is 17.7 Å². The molecule has 1 amide bonds. The summed E-state index contributed by atoms with van der Waals surface area (Å²) in [5, 5.41) is 13.1. The van der Waals surface area contributed by atoms with Gasteiger partial charge in [-0.3, -0.25) is 9.69 Å². The number of nitrogens with zero attached hydrogens (tertiary/aromatic N) is 1. The van der Waals surface area contributed by atoms with Crippen molar-refractivity contribution < 1.29 is 9.90 Å². The van der Waals surface area contributed by atoms with E-state index in [1.54, 1.807) is 0 Å². The number of carbonyl (C=O) groups is 1. The Kier molecular flexibility index (Phi) is 8.17. The van der Waals surface area contributed by atoms with Crippen LogP contribution in [-0.4, -0.2) is 41.8 Å². The number of aliphatic hydroxyl groups excluding tert-OH is 1. The number of aliphatic hydroxyl groups is 1. The van der Waals surface area contributed by atoms with Crippen molar-refractivity contribution in [1.29, 1.82) is 0 Å². The minimum absolute atomic E-state index is 0.0405. The number of hydrogen-bond acceptors (Lipinski definition) is 3. The van der Waals surface area contributed by atoms with Gasteiger partial charge >= 0.3 is 0 Å². The Morgan fingerprint density at radius 1 is 1.24 bits per heavy atom. The Balaban J connectivity index is 4.65. The third kappa shape index (κ3) is 5.04. The van der Waals surface area contributed by atoms with E-state index in [0.717, 1.165) is 19.5 Å². The molecule has 0 bridgehead atoms. The molecule has 0 aromatic heterocycles. The van der Waals surface area contributed by atoms with Crippen LogP contribution < -0.4 is 5.32 Å². The monoisotopic (exact) mass is 244 g/mol. The lowest BCUT2D eigenvalue weighted by Gasteiger charge is -2.33. The van der Waals surface area contributed by atoms with Crippen molar-refractivity contribution in [3.8, 4) is 0 Å². The molecule has 2 unspecified atom stereocenters. The fourth-order valence-electron chi connectivity index (χ4n) is 1.97. The SMILES string of the molecule is CCCNC(=O)C(C(C)C)C(O)N(CC)CC. The molecule has 0 radical (unpaired) electrons. The molecule has 0 saturated heterocycles. The van der Waals surface area contributed by atoms with Gasteiger partial charge in [0.2, 0.25) is 5.91 Å². The first-order valence-electron chi connectivity index (χ1n) is 6.69. The first-order chi connectivity index (χ1) is 7.99. The highest BCUT2D eigenvalue weighted by Gasteiger charge is 2.32. The molecule has 0 aliphatic rings. The van der Waals surface area contributed by atoms with E-state index in [0.29, 0.717) is 6.54 Å². The molecule has 0 aromatic carbocycles. The number of carbonyl (C=O) groups excluding carboxylic acids is 1. The summed E-state index contributed by atoms with van der Waals surface area (Å²) in [6.45, 7) is 12.1. The number of amides is 1. The van der Waals surface area contributed by atoms with Crippen molar-refractivity contribution in [3.63, 3.8) is 0 Å². The van der Waals surface area contributed by atoms with Crippen LogP contribution in [-0.2, 0) is 4.79 Å². The Hall–Kier alpha value is -0.610. The van der Waals surface area contributed by atoms with E-state index < -0.39 is 6.23 Å². The number of nitrogens with one attached hydrogen (secondary N) is 1. The standard InChI is InChI=1S/C13H28N2O2/c1-6-9-14-12(16)11(10(4)5)13(17)15(7-2)8-3/h10-11,13,17H,6-9H2,1-5H3,(H,14,16). The van der Waals surface area contributed by atoms with Crippen LogP contribution in [0.15, 0.2) is 0 Å². The van der Waals surface area contributed by atoms with Gasteiger partial charge in [0, 0.05) is 6.54 Å². The van der Waals surface area contributed by atoms with E-state index in [1.165, 1.54) is 0 Å². The van der Waals surface area contributed by atoms with Gasteiger partial charge in [-0.15, -0.1) is 0 Å². The van der Waals surface area contributed by atoms with Crippen molar-refractivity contribution in [1.82, 2.24) is 10.2 Å². The summed E-state index contributed by atoms with van der Waals surface area (Å²) in [6, 6.07) is 0. The predicted octanol–water partition coefficient (Wildman–Crippen LogP) is 1.44. The highest BCUT2D eigenvalue weighted by molar-refractivity contribution is 5.79. The average Bonchev–Trinajstić information content (AvgIpc) is 2.27. The van der Waals surface area contributed by atoms with Crippen molar-refractivity contribution in [3.05, 3.63) is 0 Å². The minimum atomic E-state index is -0.693. The molecule has 0 fully saturated rings. The van der Waals surface area contributed by atoms with E-state index in [9.17, 15) is 9.90 Å². The lowest BCUT2D eigenvalue weighted by atomic mass is 9.92. The maximum atomic E-state index is 12.0. The zero-order valence-corrected chi connectivity index (χ0v) is 11.9. The topological polar surface area (TPSA) is 52.6 Å². The molecular weight excluding hydrogens is 216 g/mol. The van der Waals surface area contributed by atoms with Crippen molar-refractivity contribution in [2.45, 2.75) is 47.3 Å². The fraction of sp³-hybridized carbons (Fsp3) is 0.923. The summed E-state index contributed by atoms with van der Waals surface area (Å²) in [5.41, 5.74) is 0. The average molecular weight is 244 g/mol. The number of hydrogen-bond donors (Lipinski definition) is 2. The second-order valence-electron chi connectivity index (χ2n) is 4.70. The lowest BCUT2D eigenvalue weighted by Crippen LogP contribution is -2.49. The summed E-state index contributed by atoms with van der Waals surface area (Å²) >= 11 is 0. The van der Waals surface area contributed by atoms with E-state index in [1.807, 2.05) is 39.5 Å². The predicted molar refractivity (Wildman–Crippen MR) is 70.6 cm³/mol. The summed E-state index contributed by atoms with van der Waals surface area (Å²) in [5.74, 6) is -0.273. The molecular formula is C13H28N2O2. The molecule has 4 nitrogen and oxygen atoms in total. The molecule has 4 heteroatoms. The third-order valence-corrected chi connectivity index (χ3v) is 3.08. The van der Waals surface area contributed by atoms with Gasteiger partial charge < -0.3 is 10.4 Å². The normalized spacial score (nSPS) is 15.1. The summed E-state index contributed by atoms with van der Waals surface area (Å²) in [6.07, 6.45) is 0.222. The maximum absolute atomic E-state index is 12.0. The molecule has 0 heterocycles. The van der Waals surface area contributed by atoms with Gasteiger partial charge in [0.25, 0.3) is 0 Å². The van der Waals surface area contributed by atoms with Gasteiger partial charge in [-0.2, -0.15) is 0 Å². The second-order valence-corrected chi connectivity index (χ2v) is 4.70.